The fourth-order valence-electron chi connectivity index (χ4n) is 3.14. The Labute approximate surface area is 160 Å². The van der Waals surface area contributed by atoms with Crippen LogP contribution in [0, 0.1) is 0 Å². The monoisotopic (exact) mass is 367 g/mol. The van der Waals surface area contributed by atoms with E-state index in [2.05, 4.69) is 41.8 Å². The Hall–Kier alpha value is -2.40. The van der Waals surface area contributed by atoms with Gasteiger partial charge in [0.05, 0.1) is 0 Å². The highest BCUT2D eigenvalue weighted by atomic mass is 32.1. The van der Waals surface area contributed by atoms with Gasteiger partial charge in [0.15, 0.2) is 5.11 Å². The van der Waals surface area contributed by atoms with Gasteiger partial charge in [-0.05, 0) is 68.2 Å². The van der Waals surface area contributed by atoms with Crippen molar-refractivity contribution in [1.82, 2.24) is 5.32 Å². The quantitative estimate of drug-likeness (QED) is 0.754. The Kier molecular flexibility index (Phi) is 6.23. The van der Waals surface area contributed by atoms with Gasteiger partial charge in [-0.2, -0.15) is 0 Å². The molecule has 0 aromatic heterocycles. The first-order chi connectivity index (χ1) is 12.6. The molecule has 1 unspecified atom stereocenters. The van der Waals surface area contributed by atoms with Gasteiger partial charge in [-0.3, -0.25) is 4.79 Å². The Balaban J connectivity index is 1.46. The van der Waals surface area contributed by atoms with E-state index in [9.17, 15) is 4.79 Å². The maximum Gasteiger partial charge on any atom is 0.227 e. The highest BCUT2D eigenvalue weighted by molar-refractivity contribution is 7.80. The predicted molar refractivity (Wildman–Crippen MR) is 112 cm³/mol. The fourth-order valence-corrected chi connectivity index (χ4v) is 3.46. The minimum absolute atomic E-state index is 0.204. The molecule has 1 saturated heterocycles. The van der Waals surface area contributed by atoms with E-state index < -0.39 is 0 Å². The van der Waals surface area contributed by atoms with Gasteiger partial charge >= 0.3 is 0 Å². The molecule has 0 spiro atoms. The van der Waals surface area contributed by atoms with Gasteiger partial charge in [0, 0.05) is 30.4 Å². The molecule has 1 fully saturated rings. The SMILES string of the molecule is CC(CCc1ccccc1)NC(=S)Nc1ccc(N2CCCC2=O)cc1. The molecule has 1 aliphatic heterocycles. The van der Waals surface area contributed by atoms with Crippen molar-refractivity contribution in [3.05, 3.63) is 60.2 Å². The van der Waals surface area contributed by atoms with Crippen LogP contribution in [0.3, 0.4) is 0 Å². The molecule has 26 heavy (non-hydrogen) atoms. The van der Waals surface area contributed by atoms with Gasteiger partial charge in [-0.25, -0.2) is 0 Å². The van der Waals surface area contributed by atoms with Gasteiger partial charge in [-0.1, -0.05) is 30.3 Å². The zero-order valence-electron chi connectivity index (χ0n) is 15.1. The summed E-state index contributed by atoms with van der Waals surface area (Å²) in [6.45, 7) is 2.95. The molecule has 2 N–H and O–H groups in total. The average Bonchev–Trinajstić information content (AvgIpc) is 3.07. The lowest BCUT2D eigenvalue weighted by Crippen LogP contribution is -2.36. The molecule has 4 nitrogen and oxygen atoms in total. The number of benzene rings is 2. The van der Waals surface area contributed by atoms with Crippen molar-refractivity contribution in [2.75, 3.05) is 16.8 Å². The molecule has 1 heterocycles. The Bertz CT molecular complexity index is 746. The van der Waals surface area contributed by atoms with Gasteiger partial charge in [0.1, 0.15) is 0 Å². The van der Waals surface area contributed by atoms with Crippen LogP contribution < -0.4 is 15.5 Å². The summed E-state index contributed by atoms with van der Waals surface area (Å²) in [4.78, 5) is 13.6. The number of thiocarbonyl (C=S) groups is 1. The van der Waals surface area contributed by atoms with E-state index in [1.165, 1.54) is 5.56 Å². The molecule has 136 valence electrons. The number of hydrogen-bond donors (Lipinski definition) is 2. The number of carbonyl (C=O) groups excluding carboxylic acids is 1. The Morgan fingerprint density at radius 3 is 2.54 bits per heavy atom. The van der Waals surface area contributed by atoms with Crippen LogP contribution in [0.15, 0.2) is 54.6 Å². The summed E-state index contributed by atoms with van der Waals surface area (Å²) in [6.07, 6.45) is 3.63. The van der Waals surface area contributed by atoms with Crippen molar-refractivity contribution < 1.29 is 4.79 Å². The first kappa shape index (κ1) is 18.4. The van der Waals surface area contributed by atoms with E-state index in [0.29, 0.717) is 11.5 Å². The molecular formula is C21H25N3OS. The van der Waals surface area contributed by atoms with Crippen LogP contribution in [0.4, 0.5) is 11.4 Å². The lowest BCUT2D eigenvalue weighted by molar-refractivity contribution is -0.117. The van der Waals surface area contributed by atoms with Crippen LogP contribution in [0.25, 0.3) is 0 Å². The van der Waals surface area contributed by atoms with Gasteiger partial charge in [0.25, 0.3) is 0 Å². The van der Waals surface area contributed by atoms with E-state index in [1.54, 1.807) is 0 Å². The normalized spacial score (nSPS) is 15.0. The van der Waals surface area contributed by atoms with Crippen LogP contribution in [-0.2, 0) is 11.2 Å². The molecular weight excluding hydrogens is 342 g/mol. The van der Waals surface area contributed by atoms with Crippen molar-refractivity contribution in [2.24, 2.45) is 0 Å². The van der Waals surface area contributed by atoms with E-state index in [0.717, 1.165) is 37.2 Å². The molecule has 5 heteroatoms. The maximum atomic E-state index is 11.8. The van der Waals surface area contributed by atoms with Crippen LogP contribution in [0.2, 0.25) is 0 Å². The van der Waals surface area contributed by atoms with Crippen molar-refractivity contribution in [3.8, 4) is 0 Å². The third-order valence-corrected chi connectivity index (χ3v) is 4.82. The number of hydrogen-bond acceptors (Lipinski definition) is 2. The van der Waals surface area contributed by atoms with Gasteiger partial charge in [-0.15, -0.1) is 0 Å². The lowest BCUT2D eigenvalue weighted by Gasteiger charge is -2.18. The number of nitrogens with one attached hydrogen (secondary N) is 2. The average molecular weight is 368 g/mol. The molecule has 2 aromatic carbocycles. The summed E-state index contributed by atoms with van der Waals surface area (Å²) in [7, 11) is 0. The number of aryl methyl sites for hydroxylation is 1. The minimum Gasteiger partial charge on any atom is -0.360 e. The van der Waals surface area contributed by atoms with E-state index in [-0.39, 0.29) is 11.9 Å². The zero-order chi connectivity index (χ0) is 18.4. The molecule has 3 rings (SSSR count). The first-order valence-corrected chi connectivity index (χ1v) is 9.54. The molecule has 0 aliphatic carbocycles. The second kappa shape index (κ2) is 8.81. The van der Waals surface area contributed by atoms with Crippen molar-refractivity contribution in [1.29, 1.82) is 0 Å². The van der Waals surface area contributed by atoms with E-state index >= 15 is 0 Å². The van der Waals surface area contributed by atoms with E-state index in [1.807, 2.05) is 35.2 Å². The fraction of sp³-hybridized carbons (Fsp3) is 0.333. The van der Waals surface area contributed by atoms with E-state index in [4.69, 9.17) is 12.2 Å². The number of carbonyl (C=O) groups is 1. The molecule has 0 bridgehead atoms. The topological polar surface area (TPSA) is 44.4 Å². The number of anilines is 2. The second-order valence-corrected chi connectivity index (χ2v) is 7.13. The van der Waals surface area contributed by atoms with Crippen LogP contribution in [0.1, 0.15) is 31.7 Å². The summed E-state index contributed by atoms with van der Waals surface area (Å²) in [5.41, 5.74) is 3.22. The number of rotatable bonds is 6. The molecule has 1 atom stereocenters. The van der Waals surface area contributed by atoms with Crippen LogP contribution >= 0.6 is 12.2 Å². The summed E-state index contributed by atoms with van der Waals surface area (Å²) >= 11 is 5.42. The minimum atomic E-state index is 0.204. The van der Waals surface area contributed by atoms with Crippen molar-refractivity contribution in [3.63, 3.8) is 0 Å². The third kappa shape index (κ3) is 5.05. The molecule has 2 aromatic rings. The molecule has 1 amide bonds. The highest BCUT2D eigenvalue weighted by Gasteiger charge is 2.21. The number of nitrogens with zero attached hydrogens (tertiary/aromatic N) is 1. The smallest absolute Gasteiger partial charge is 0.227 e. The predicted octanol–water partition coefficient (Wildman–Crippen LogP) is 4.12. The van der Waals surface area contributed by atoms with Crippen molar-refractivity contribution >= 4 is 34.6 Å². The van der Waals surface area contributed by atoms with Crippen molar-refractivity contribution in [2.45, 2.75) is 38.6 Å². The van der Waals surface area contributed by atoms with Gasteiger partial charge in [0.2, 0.25) is 5.91 Å². The summed E-state index contributed by atoms with van der Waals surface area (Å²) in [5, 5.41) is 7.17. The standard InChI is InChI=1S/C21H25N3OS/c1-16(9-10-17-6-3-2-4-7-17)22-21(26)23-18-11-13-19(14-12-18)24-15-5-8-20(24)25/h2-4,6-7,11-14,16H,5,8-10,15H2,1H3,(H2,22,23,26). The maximum absolute atomic E-state index is 11.8. The number of amides is 1. The molecule has 0 saturated carbocycles. The third-order valence-electron chi connectivity index (χ3n) is 4.60. The zero-order valence-corrected chi connectivity index (χ0v) is 15.9. The lowest BCUT2D eigenvalue weighted by atomic mass is 10.1. The summed E-state index contributed by atoms with van der Waals surface area (Å²) < 4.78 is 0. The Morgan fingerprint density at radius 1 is 1.15 bits per heavy atom. The molecule has 0 radical (unpaired) electrons. The van der Waals surface area contributed by atoms with Gasteiger partial charge < -0.3 is 15.5 Å². The van der Waals surface area contributed by atoms with Crippen LogP contribution in [0.5, 0.6) is 0 Å². The largest absolute Gasteiger partial charge is 0.360 e. The first-order valence-electron chi connectivity index (χ1n) is 9.14. The van der Waals surface area contributed by atoms with Crippen LogP contribution in [-0.4, -0.2) is 23.6 Å². The second-order valence-electron chi connectivity index (χ2n) is 6.72. The summed E-state index contributed by atoms with van der Waals surface area (Å²) in [6, 6.07) is 18.6. The highest BCUT2D eigenvalue weighted by Crippen LogP contribution is 2.23. The molecule has 1 aliphatic rings. The summed E-state index contributed by atoms with van der Waals surface area (Å²) in [5.74, 6) is 0.204. The Morgan fingerprint density at radius 2 is 1.88 bits per heavy atom.